The molecule has 0 spiro atoms. The number of guanidine groups is 1. The Hall–Kier alpha value is -2.67. The number of rotatable bonds is 7. The Morgan fingerprint density at radius 3 is 2.64 bits per heavy atom. The molecular weight excluding hydrogens is 350 g/mol. The van der Waals surface area contributed by atoms with Crippen LogP contribution >= 0.6 is 0 Å². The molecule has 150 valence electrons. The maximum atomic E-state index is 4.70. The number of aromatic nitrogens is 3. The first-order valence-corrected chi connectivity index (χ1v) is 9.92. The van der Waals surface area contributed by atoms with Crippen molar-refractivity contribution in [3.05, 3.63) is 60.2 Å². The second-order valence-corrected chi connectivity index (χ2v) is 7.24. The molecule has 0 radical (unpaired) electrons. The quantitative estimate of drug-likeness (QED) is 0.436. The van der Waals surface area contributed by atoms with Gasteiger partial charge in [-0.05, 0) is 25.3 Å². The van der Waals surface area contributed by atoms with Crippen LogP contribution in [0.3, 0.4) is 0 Å². The summed E-state index contributed by atoms with van der Waals surface area (Å²) in [6.45, 7) is 10.1. The lowest BCUT2D eigenvalue weighted by atomic mass is 10.0. The van der Waals surface area contributed by atoms with Crippen LogP contribution in [0.1, 0.15) is 30.1 Å². The van der Waals surface area contributed by atoms with Gasteiger partial charge in [-0.25, -0.2) is 4.99 Å². The van der Waals surface area contributed by atoms with Gasteiger partial charge in [0, 0.05) is 39.3 Å². The highest BCUT2D eigenvalue weighted by molar-refractivity contribution is 5.80. The van der Waals surface area contributed by atoms with Crippen LogP contribution in [0.4, 0.5) is 0 Å². The lowest BCUT2D eigenvalue weighted by molar-refractivity contribution is 0.198. The molecule has 2 aromatic rings. The van der Waals surface area contributed by atoms with Crippen molar-refractivity contribution in [3.8, 4) is 0 Å². The molecule has 7 nitrogen and oxygen atoms in total. The summed E-state index contributed by atoms with van der Waals surface area (Å²) in [6, 6.07) is 11.1. The first-order chi connectivity index (χ1) is 13.7. The van der Waals surface area contributed by atoms with Gasteiger partial charge in [-0.3, -0.25) is 4.90 Å². The maximum Gasteiger partial charge on any atom is 0.192 e. The highest BCUT2D eigenvalue weighted by atomic mass is 15.3. The molecule has 0 saturated carbocycles. The van der Waals surface area contributed by atoms with E-state index in [1.807, 2.05) is 24.6 Å². The zero-order valence-electron chi connectivity index (χ0n) is 16.9. The molecule has 0 bridgehead atoms. The van der Waals surface area contributed by atoms with Crippen molar-refractivity contribution >= 4 is 5.96 Å². The van der Waals surface area contributed by atoms with E-state index in [0.29, 0.717) is 19.1 Å². The fourth-order valence-electron chi connectivity index (χ4n) is 3.33. The van der Waals surface area contributed by atoms with E-state index >= 15 is 0 Å². The Bertz CT molecular complexity index is 773. The van der Waals surface area contributed by atoms with Gasteiger partial charge >= 0.3 is 0 Å². The summed E-state index contributed by atoms with van der Waals surface area (Å²) < 4.78 is 1.97. The molecule has 0 aliphatic carbocycles. The molecule has 0 unspecified atom stereocenters. The number of aliphatic imine (C=N–C) groups is 1. The van der Waals surface area contributed by atoms with E-state index in [9.17, 15) is 0 Å². The Morgan fingerprint density at radius 1 is 1.25 bits per heavy atom. The smallest absolute Gasteiger partial charge is 0.192 e. The zero-order valence-corrected chi connectivity index (χ0v) is 16.9. The lowest BCUT2D eigenvalue weighted by Crippen LogP contribution is -2.48. The van der Waals surface area contributed by atoms with Crippen LogP contribution in [-0.2, 0) is 20.1 Å². The molecule has 0 amide bonds. The van der Waals surface area contributed by atoms with E-state index in [1.54, 1.807) is 0 Å². The Morgan fingerprint density at radius 2 is 2.00 bits per heavy atom. The third kappa shape index (κ3) is 5.66. The number of nitrogens with zero attached hydrogens (tertiary/aromatic N) is 5. The highest BCUT2D eigenvalue weighted by Crippen LogP contribution is 2.14. The normalized spacial score (nSPS) is 16.1. The summed E-state index contributed by atoms with van der Waals surface area (Å²) in [5, 5.41) is 15.2. The predicted molar refractivity (Wildman–Crippen MR) is 113 cm³/mol. The van der Waals surface area contributed by atoms with Gasteiger partial charge in [0.1, 0.15) is 12.4 Å². The van der Waals surface area contributed by atoms with Crippen LogP contribution in [-0.4, -0.2) is 51.3 Å². The minimum atomic E-state index is 0.421. The summed E-state index contributed by atoms with van der Waals surface area (Å²) in [5.41, 5.74) is 1.38. The van der Waals surface area contributed by atoms with Gasteiger partial charge in [-0.2, -0.15) is 0 Å². The Kier molecular flexibility index (Phi) is 7.19. The van der Waals surface area contributed by atoms with Gasteiger partial charge in [-0.1, -0.05) is 36.4 Å². The minimum Gasteiger partial charge on any atom is -0.354 e. The number of hydrogen-bond donors (Lipinski definition) is 2. The van der Waals surface area contributed by atoms with Crippen molar-refractivity contribution in [1.82, 2.24) is 30.3 Å². The van der Waals surface area contributed by atoms with E-state index in [-0.39, 0.29) is 0 Å². The molecule has 1 aliphatic heterocycles. The SMILES string of the molecule is C=CCNC(=NCc1nnc(C)n1C)NC1CCN(Cc2ccccc2)CC1. The van der Waals surface area contributed by atoms with E-state index < -0.39 is 0 Å². The number of aryl methyl sites for hydroxylation is 1. The molecule has 1 aromatic heterocycles. The molecule has 1 aromatic carbocycles. The summed E-state index contributed by atoms with van der Waals surface area (Å²) in [5.74, 6) is 2.56. The summed E-state index contributed by atoms with van der Waals surface area (Å²) >= 11 is 0. The van der Waals surface area contributed by atoms with E-state index in [1.165, 1.54) is 5.56 Å². The van der Waals surface area contributed by atoms with Gasteiger partial charge < -0.3 is 15.2 Å². The lowest BCUT2D eigenvalue weighted by Gasteiger charge is -2.33. The molecule has 2 heterocycles. The third-order valence-electron chi connectivity index (χ3n) is 5.15. The van der Waals surface area contributed by atoms with Gasteiger partial charge in [0.2, 0.25) is 0 Å². The number of nitrogens with one attached hydrogen (secondary N) is 2. The average Bonchev–Trinajstić information content (AvgIpc) is 3.04. The number of piperidine rings is 1. The average molecular weight is 382 g/mol. The van der Waals surface area contributed by atoms with Crippen molar-refractivity contribution < 1.29 is 0 Å². The topological polar surface area (TPSA) is 70.4 Å². The Balaban J connectivity index is 1.52. The third-order valence-corrected chi connectivity index (χ3v) is 5.15. The molecule has 1 fully saturated rings. The Labute approximate surface area is 167 Å². The monoisotopic (exact) mass is 381 g/mol. The molecular formula is C21H31N7. The molecule has 2 N–H and O–H groups in total. The van der Waals surface area contributed by atoms with Crippen molar-refractivity contribution in [1.29, 1.82) is 0 Å². The van der Waals surface area contributed by atoms with Crippen molar-refractivity contribution in [2.75, 3.05) is 19.6 Å². The number of hydrogen-bond acceptors (Lipinski definition) is 4. The van der Waals surface area contributed by atoms with Crippen molar-refractivity contribution in [2.24, 2.45) is 12.0 Å². The number of benzene rings is 1. The fraction of sp³-hybridized carbons (Fsp3) is 0.476. The van der Waals surface area contributed by atoms with Crippen LogP contribution < -0.4 is 10.6 Å². The van der Waals surface area contributed by atoms with Crippen LogP contribution in [0.15, 0.2) is 48.0 Å². The van der Waals surface area contributed by atoms with Gasteiger partial charge in [0.25, 0.3) is 0 Å². The van der Waals surface area contributed by atoms with Crippen LogP contribution in [0.25, 0.3) is 0 Å². The summed E-state index contributed by atoms with van der Waals surface area (Å²) in [4.78, 5) is 7.21. The van der Waals surface area contributed by atoms with Crippen LogP contribution in [0, 0.1) is 6.92 Å². The molecule has 28 heavy (non-hydrogen) atoms. The van der Waals surface area contributed by atoms with Gasteiger partial charge in [0.15, 0.2) is 11.8 Å². The summed E-state index contributed by atoms with van der Waals surface area (Å²) in [6.07, 6.45) is 4.04. The highest BCUT2D eigenvalue weighted by Gasteiger charge is 2.20. The minimum absolute atomic E-state index is 0.421. The molecule has 1 saturated heterocycles. The van der Waals surface area contributed by atoms with Gasteiger partial charge in [-0.15, -0.1) is 16.8 Å². The second-order valence-electron chi connectivity index (χ2n) is 7.24. The molecule has 7 heteroatoms. The first-order valence-electron chi connectivity index (χ1n) is 9.92. The molecule has 1 aliphatic rings. The zero-order chi connectivity index (χ0) is 19.8. The standard InChI is InChI=1S/C21H31N7/c1-4-12-22-21(23-15-20-26-25-17(2)27(20)3)24-19-10-13-28(14-11-19)16-18-8-6-5-7-9-18/h4-9,19H,1,10-16H2,2-3H3,(H2,22,23,24). The van der Waals surface area contributed by atoms with Crippen LogP contribution in [0.2, 0.25) is 0 Å². The fourth-order valence-corrected chi connectivity index (χ4v) is 3.33. The van der Waals surface area contributed by atoms with Crippen LogP contribution in [0.5, 0.6) is 0 Å². The van der Waals surface area contributed by atoms with E-state index in [4.69, 9.17) is 4.99 Å². The van der Waals surface area contributed by atoms with Gasteiger partial charge in [0.05, 0.1) is 0 Å². The number of likely N-dealkylation sites (tertiary alicyclic amines) is 1. The molecule has 3 rings (SSSR count). The van der Waals surface area contributed by atoms with E-state index in [0.717, 1.165) is 50.1 Å². The first kappa shape index (κ1) is 20.1. The molecule has 0 atom stereocenters. The van der Waals surface area contributed by atoms with E-state index in [2.05, 4.69) is 62.6 Å². The largest absolute Gasteiger partial charge is 0.354 e. The predicted octanol–water partition coefficient (Wildman–Crippen LogP) is 2.01. The van der Waals surface area contributed by atoms with Crippen molar-refractivity contribution in [2.45, 2.75) is 38.9 Å². The van der Waals surface area contributed by atoms with Crippen molar-refractivity contribution in [3.63, 3.8) is 0 Å². The second kappa shape index (κ2) is 10.0. The summed E-state index contributed by atoms with van der Waals surface area (Å²) in [7, 11) is 1.97. The maximum absolute atomic E-state index is 4.70.